The first-order valence-electron chi connectivity index (χ1n) is 15.5. The number of fused-ring (bicyclic) bond motifs is 1. The number of amides is 3. The lowest BCUT2D eigenvalue weighted by Crippen LogP contribution is -2.57. The Morgan fingerprint density at radius 2 is 1.72 bits per heavy atom. The molecule has 3 fully saturated rings. The molecule has 3 aliphatic heterocycles. The minimum Gasteiger partial charge on any atom is -0.394 e. The Kier molecular flexibility index (Phi) is 9.47. The molecule has 3 amide bonds. The number of likely N-dealkylation sites (tertiary alicyclic amines) is 1. The summed E-state index contributed by atoms with van der Waals surface area (Å²) in [6.45, 7) is 10.6. The smallest absolute Gasteiger partial charge is 0.248 e. The summed E-state index contributed by atoms with van der Waals surface area (Å²) in [5.41, 5.74) is 0.274. The third-order valence-corrected chi connectivity index (χ3v) is 9.29. The summed E-state index contributed by atoms with van der Waals surface area (Å²) in [6, 6.07) is 16.9. The summed E-state index contributed by atoms with van der Waals surface area (Å²) in [7, 11) is 0. The third kappa shape index (κ3) is 5.43. The molecule has 8 nitrogen and oxygen atoms in total. The molecule has 1 N–H and O–H groups in total. The van der Waals surface area contributed by atoms with Gasteiger partial charge in [0.1, 0.15) is 11.6 Å². The van der Waals surface area contributed by atoms with E-state index < -0.39 is 35.6 Å². The van der Waals surface area contributed by atoms with Gasteiger partial charge in [0.05, 0.1) is 30.6 Å². The molecule has 3 heterocycles. The van der Waals surface area contributed by atoms with Crippen LogP contribution in [-0.4, -0.2) is 76.6 Å². The van der Waals surface area contributed by atoms with E-state index >= 15 is 0 Å². The van der Waals surface area contributed by atoms with E-state index in [-0.39, 0.29) is 30.9 Å². The zero-order chi connectivity index (χ0) is 30.6. The molecule has 43 heavy (non-hydrogen) atoms. The summed E-state index contributed by atoms with van der Waals surface area (Å²) < 4.78 is 6.71. The molecule has 228 valence electrons. The van der Waals surface area contributed by atoms with Crippen molar-refractivity contribution < 1.29 is 24.2 Å². The number of anilines is 1. The molecule has 3 aliphatic rings. The molecule has 2 bridgehead atoms. The van der Waals surface area contributed by atoms with Gasteiger partial charge in [-0.1, -0.05) is 80.4 Å². The van der Waals surface area contributed by atoms with Crippen LogP contribution in [0.4, 0.5) is 5.69 Å². The first-order valence-corrected chi connectivity index (χ1v) is 15.5. The quantitative estimate of drug-likeness (QED) is 0.260. The van der Waals surface area contributed by atoms with E-state index in [0.29, 0.717) is 31.6 Å². The number of carbonyl (C=O) groups is 3. The second-order valence-corrected chi connectivity index (χ2v) is 11.8. The van der Waals surface area contributed by atoms with Gasteiger partial charge in [-0.25, -0.2) is 0 Å². The number of benzene rings is 2. The summed E-state index contributed by atoms with van der Waals surface area (Å²) in [4.78, 5) is 48.6. The molecule has 3 saturated heterocycles. The lowest BCUT2D eigenvalue weighted by Gasteiger charge is -2.39. The SMILES string of the molecule is C=CCN(CCCCC)C(=O)C1N([C@H](CO)c2ccccc2)C(=O)[C@@H]2[C@H](C(=O)N(CC=C)c3ccccc3)[C@@H]3CCC12O3. The fourth-order valence-corrected chi connectivity index (χ4v) is 7.43. The van der Waals surface area contributed by atoms with Gasteiger partial charge in [0.2, 0.25) is 17.7 Å². The number of para-hydroxylation sites is 1. The van der Waals surface area contributed by atoms with Gasteiger partial charge in [-0.3, -0.25) is 14.4 Å². The molecule has 0 saturated carbocycles. The molecule has 0 radical (unpaired) electrons. The van der Waals surface area contributed by atoms with Crippen LogP contribution in [0.3, 0.4) is 0 Å². The Morgan fingerprint density at radius 1 is 1.05 bits per heavy atom. The Bertz CT molecular complexity index is 1320. The van der Waals surface area contributed by atoms with E-state index in [1.807, 2.05) is 60.7 Å². The number of aliphatic hydroxyl groups is 1. The molecule has 5 rings (SSSR count). The maximum absolute atomic E-state index is 14.7. The molecule has 1 spiro atoms. The highest BCUT2D eigenvalue weighted by Gasteiger charge is 2.75. The number of nitrogens with zero attached hydrogens (tertiary/aromatic N) is 3. The minimum atomic E-state index is -1.16. The maximum atomic E-state index is 14.7. The van der Waals surface area contributed by atoms with Crippen molar-refractivity contribution in [1.29, 1.82) is 0 Å². The lowest BCUT2D eigenvalue weighted by atomic mass is 9.70. The van der Waals surface area contributed by atoms with Crippen molar-refractivity contribution in [1.82, 2.24) is 9.80 Å². The van der Waals surface area contributed by atoms with Crippen LogP contribution in [0.15, 0.2) is 86.0 Å². The molecule has 2 aromatic carbocycles. The van der Waals surface area contributed by atoms with E-state index in [2.05, 4.69) is 20.1 Å². The minimum absolute atomic E-state index is 0.213. The predicted octanol–water partition coefficient (Wildman–Crippen LogP) is 4.52. The van der Waals surface area contributed by atoms with Gasteiger partial charge < -0.3 is 24.5 Å². The summed E-state index contributed by atoms with van der Waals surface area (Å²) in [5.74, 6) is -2.36. The van der Waals surface area contributed by atoms with Crippen LogP contribution < -0.4 is 4.90 Å². The number of ether oxygens (including phenoxy) is 1. The van der Waals surface area contributed by atoms with Crippen molar-refractivity contribution in [2.45, 2.75) is 62.8 Å². The molecule has 8 heteroatoms. The number of hydrogen-bond acceptors (Lipinski definition) is 5. The van der Waals surface area contributed by atoms with Crippen LogP contribution >= 0.6 is 0 Å². The lowest BCUT2D eigenvalue weighted by molar-refractivity contribution is -0.151. The molecule has 0 aromatic heterocycles. The van der Waals surface area contributed by atoms with Crippen LogP contribution in [0.5, 0.6) is 0 Å². The van der Waals surface area contributed by atoms with Crippen LogP contribution in [0.1, 0.15) is 50.6 Å². The number of hydrogen-bond donors (Lipinski definition) is 1. The summed E-state index contributed by atoms with van der Waals surface area (Å²) in [6.07, 6.45) is 6.76. The fraction of sp³-hybridized carbons (Fsp3) is 0.457. The molecular weight excluding hydrogens is 542 g/mol. The Hall–Kier alpha value is -3.75. The van der Waals surface area contributed by atoms with Crippen LogP contribution in [-0.2, 0) is 19.1 Å². The van der Waals surface area contributed by atoms with Crippen molar-refractivity contribution in [2.75, 3.05) is 31.1 Å². The number of aliphatic hydroxyl groups excluding tert-OH is 1. The zero-order valence-corrected chi connectivity index (χ0v) is 25.0. The average Bonchev–Trinajstić information content (AvgIpc) is 3.68. The number of unbranched alkanes of at least 4 members (excludes halogenated alkanes) is 2. The van der Waals surface area contributed by atoms with Crippen molar-refractivity contribution in [3.63, 3.8) is 0 Å². The molecule has 2 aromatic rings. The van der Waals surface area contributed by atoms with E-state index in [4.69, 9.17) is 4.74 Å². The highest BCUT2D eigenvalue weighted by atomic mass is 16.5. The van der Waals surface area contributed by atoms with Gasteiger partial charge in [-0.15, -0.1) is 13.2 Å². The molecule has 6 atom stereocenters. The van der Waals surface area contributed by atoms with E-state index in [0.717, 1.165) is 24.8 Å². The van der Waals surface area contributed by atoms with Crippen molar-refractivity contribution in [3.05, 3.63) is 91.5 Å². The van der Waals surface area contributed by atoms with Gasteiger partial charge >= 0.3 is 0 Å². The van der Waals surface area contributed by atoms with Gasteiger partial charge in [-0.2, -0.15) is 0 Å². The Labute approximate surface area is 254 Å². The molecule has 0 aliphatic carbocycles. The predicted molar refractivity (Wildman–Crippen MR) is 166 cm³/mol. The van der Waals surface area contributed by atoms with Crippen LogP contribution in [0.25, 0.3) is 0 Å². The van der Waals surface area contributed by atoms with Crippen molar-refractivity contribution >= 4 is 23.4 Å². The Balaban J connectivity index is 1.59. The van der Waals surface area contributed by atoms with E-state index in [9.17, 15) is 19.5 Å². The number of rotatable bonds is 14. The van der Waals surface area contributed by atoms with Gasteiger partial charge in [0, 0.05) is 25.3 Å². The zero-order valence-electron chi connectivity index (χ0n) is 25.0. The second-order valence-electron chi connectivity index (χ2n) is 11.8. The third-order valence-electron chi connectivity index (χ3n) is 9.29. The number of carbonyl (C=O) groups excluding carboxylic acids is 3. The standard InChI is InChI=1S/C35H43N3O5/c1-4-7-14-23-36(21-5-2)34(42)31-35-20-19-28(43-35)29(32(40)37(22-6-3)26-17-12-9-13-18-26)30(35)33(41)38(31)27(24-39)25-15-10-8-11-16-25/h5-6,8-13,15-18,27-31,39H,2-4,7,14,19-24H2,1H3/t27-,28+,29-,30+,31?,35?/m1/s1. The van der Waals surface area contributed by atoms with Crippen LogP contribution in [0.2, 0.25) is 0 Å². The molecular formula is C35H43N3O5. The topological polar surface area (TPSA) is 90.4 Å². The van der Waals surface area contributed by atoms with E-state index in [1.165, 1.54) is 0 Å². The van der Waals surface area contributed by atoms with Gasteiger partial charge in [0.25, 0.3) is 0 Å². The summed E-state index contributed by atoms with van der Waals surface area (Å²) in [5, 5.41) is 10.7. The first kappa shape index (κ1) is 30.7. The van der Waals surface area contributed by atoms with Crippen LogP contribution in [0, 0.1) is 11.8 Å². The summed E-state index contributed by atoms with van der Waals surface area (Å²) >= 11 is 0. The first-order chi connectivity index (χ1) is 20.9. The maximum Gasteiger partial charge on any atom is 0.248 e. The van der Waals surface area contributed by atoms with E-state index in [1.54, 1.807) is 26.9 Å². The monoisotopic (exact) mass is 585 g/mol. The van der Waals surface area contributed by atoms with Crippen molar-refractivity contribution in [2.24, 2.45) is 11.8 Å². The van der Waals surface area contributed by atoms with Gasteiger partial charge in [0.15, 0.2) is 0 Å². The second kappa shape index (κ2) is 13.3. The molecule has 2 unspecified atom stereocenters. The van der Waals surface area contributed by atoms with Gasteiger partial charge in [-0.05, 0) is 37.0 Å². The Morgan fingerprint density at radius 3 is 2.35 bits per heavy atom. The average molecular weight is 586 g/mol. The largest absolute Gasteiger partial charge is 0.394 e. The van der Waals surface area contributed by atoms with Crippen molar-refractivity contribution in [3.8, 4) is 0 Å². The highest BCUT2D eigenvalue weighted by Crippen LogP contribution is 2.60. The fourth-order valence-electron chi connectivity index (χ4n) is 7.43. The normalized spacial score (nSPS) is 26.2. The highest BCUT2D eigenvalue weighted by molar-refractivity contribution is 6.03.